The van der Waals surface area contributed by atoms with E-state index in [-0.39, 0.29) is 34.2 Å². The molecule has 0 aromatic rings. The molecule has 0 unspecified atom stereocenters. The Bertz CT molecular complexity index is 890. The highest BCUT2D eigenvalue weighted by Gasteiger charge is 2.78. The van der Waals surface area contributed by atoms with Crippen LogP contribution in [-0.2, 0) is 9.53 Å². The first-order chi connectivity index (χ1) is 15.7. The lowest BCUT2D eigenvalue weighted by molar-refractivity contribution is -0.172. The Labute approximate surface area is 206 Å². The van der Waals surface area contributed by atoms with Gasteiger partial charge in [0.05, 0.1) is 12.2 Å². The lowest BCUT2D eigenvalue weighted by Crippen LogP contribution is -2.62. The first kappa shape index (κ1) is 24.8. The standard InChI is InChI=1S/C30H48O4/c1-18(2)9-8-14-29(7)22-12-16-28(6)19-10-11-21-26(3,4)23(31)13-15-27(21,5)20(19)17-24(32)30(22,28)25(33)34-29/h17-19,21-24,31-32H,8-16H2,1-7H3/t19-,21+,22+,23+,24+,27+,28+,29+,30-/m1/s1. The number of fused-ring (bicyclic) bond motifs is 4. The van der Waals surface area contributed by atoms with E-state index in [1.165, 1.54) is 5.57 Å². The smallest absolute Gasteiger partial charge is 0.316 e. The Balaban J connectivity index is 1.55. The van der Waals surface area contributed by atoms with Crippen molar-refractivity contribution in [2.45, 2.75) is 124 Å². The zero-order valence-electron chi connectivity index (χ0n) is 22.6. The molecule has 3 saturated carbocycles. The predicted molar refractivity (Wildman–Crippen MR) is 134 cm³/mol. The van der Waals surface area contributed by atoms with Gasteiger partial charge in [0.25, 0.3) is 0 Å². The largest absolute Gasteiger partial charge is 0.459 e. The number of rotatable bonds is 4. The van der Waals surface area contributed by atoms with Gasteiger partial charge in [-0.2, -0.15) is 0 Å². The van der Waals surface area contributed by atoms with Crippen LogP contribution in [0.5, 0.6) is 0 Å². The Morgan fingerprint density at radius 1 is 1.00 bits per heavy atom. The van der Waals surface area contributed by atoms with Crippen LogP contribution in [0.2, 0.25) is 0 Å². The van der Waals surface area contributed by atoms with Crippen molar-refractivity contribution in [3.8, 4) is 0 Å². The van der Waals surface area contributed by atoms with Gasteiger partial charge in [-0.15, -0.1) is 0 Å². The van der Waals surface area contributed by atoms with Crippen LogP contribution in [0.1, 0.15) is 106 Å². The third kappa shape index (κ3) is 2.88. The minimum atomic E-state index is -0.819. The maximum Gasteiger partial charge on any atom is 0.316 e. The molecular formula is C30H48O4. The van der Waals surface area contributed by atoms with Crippen molar-refractivity contribution in [2.24, 2.45) is 45.3 Å². The van der Waals surface area contributed by atoms with Crippen LogP contribution in [0.15, 0.2) is 11.6 Å². The summed E-state index contributed by atoms with van der Waals surface area (Å²) in [5.74, 6) is 1.28. The predicted octanol–water partition coefficient (Wildman–Crippen LogP) is 6.05. The van der Waals surface area contributed by atoms with Crippen molar-refractivity contribution < 1.29 is 19.7 Å². The van der Waals surface area contributed by atoms with E-state index in [0.717, 1.165) is 57.8 Å². The van der Waals surface area contributed by atoms with Crippen molar-refractivity contribution in [3.63, 3.8) is 0 Å². The molecule has 0 aromatic carbocycles. The molecule has 192 valence electrons. The number of cyclic esters (lactones) is 1. The molecule has 0 radical (unpaired) electrons. The van der Waals surface area contributed by atoms with Gasteiger partial charge in [-0.3, -0.25) is 4.79 Å². The summed E-state index contributed by atoms with van der Waals surface area (Å²) >= 11 is 0. The Hall–Kier alpha value is -0.870. The van der Waals surface area contributed by atoms with Gasteiger partial charge < -0.3 is 14.9 Å². The Morgan fingerprint density at radius 2 is 1.71 bits per heavy atom. The van der Waals surface area contributed by atoms with E-state index in [2.05, 4.69) is 54.5 Å². The quantitative estimate of drug-likeness (QED) is 0.386. The van der Waals surface area contributed by atoms with Crippen LogP contribution in [0.4, 0.5) is 0 Å². The number of ether oxygens (including phenoxy) is 1. The molecule has 4 fully saturated rings. The molecule has 0 aromatic heterocycles. The molecule has 4 nitrogen and oxygen atoms in total. The molecule has 1 aliphatic heterocycles. The molecular weight excluding hydrogens is 424 g/mol. The number of carbonyl (C=O) groups excluding carboxylic acids is 1. The lowest BCUT2D eigenvalue weighted by atomic mass is 9.40. The lowest BCUT2D eigenvalue weighted by Gasteiger charge is -2.63. The third-order valence-electron chi connectivity index (χ3n) is 12.1. The van der Waals surface area contributed by atoms with Gasteiger partial charge in [0, 0.05) is 5.92 Å². The Morgan fingerprint density at radius 3 is 2.38 bits per heavy atom. The summed E-state index contributed by atoms with van der Waals surface area (Å²) in [6, 6.07) is 0. The van der Waals surface area contributed by atoms with Gasteiger partial charge in [0.2, 0.25) is 0 Å². The molecule has 4 heteroatoms. The molecule has 1 saturated heterocycles. The molecule has 34 heavy (non-hydrogen) atoms. The summed E-state index contributed by atoms with van der Waals surface area (Å²) < 4.78 is 6.29. The minimum absolute atomic E-state index is 0.0294. The summed E-state index contributed by atoms with van der Waals surface area (Å²) in [5, 5.41) is 22.7. The molecule has 0 bridgehead atoms. The van der Waals surface area contributed by atoms with E-state index >= 15 is 0 Å². The van der Waals surface area contributed by atoms with Crippen LogP contribution in [0.25, 0.3) is 0 Å². The minimum Gasteiger partial charge on any atom is -0.459 e. The first-order valence-electron chi connectivity index (χ1n) is 14.1. The maximum atomic E-state index is 13.9. The van der Waals surface area contributed by atoms with E-state index in [4.69, 9.17) is 4.74 Å². The normalized spacial score (nSPS) is 51.3. The number of esters is 1. The van der Waals surface area contributed by atoms with E-state index in [1.54, 1.807) is 0 Å². The average molecular weight is 473 g/mol. The van der Waals surface area contributed by atoms with Crippen molar-refractivity contribution in [1.29, 1.82) is 0 Å². The maximum absolute atomic E-state index is 13.9. The van der Waals surface area contributed by atoms with Gasteiger partial charge in [-0.05, 0) is 92.3 Å². The molecule has 5 aliphatic rings. The van der Waals surface area contributed by atoms with Crippen molar-refractivity contribution >= 4 is 5.97 Å². The van der Waals surface area contributed by atoms with Gasteiger partial charge >= 0.3 is 5.97 Å². The van der Waals surface area contributed by atoms with Gasteiger partial charge in [0.1, 0.15) is 11.0 Å². The van der Waals surface area contributed by atoms with Crippen molar-refractivity contribution in [2.75, 3.05) is 0 Å². The van der Waals surface area contributed by atoms with Crippen LogP contribution in [0, 0.1) is 45.3 Å². The second-order valence-electron chi connectivity index (χ2n) is 14.4. The van der Waals surface area contributed by atoms with E-state index in [0.29, 0.717) is 17.8 Å². The third-order valence-corrected chi connectivity index (χ3v) is 12.1. The fourth-order valence-corrected chi connectivity index (χ4v) is 10.2. The second-order valence-corrected chi connectivity index (χ2v) is 14.4. The van der Waals surface area contributed by atoms with Crippen molar-refractivity contribution in [3.05, 3.63) is 11.6 Å². The fraction of sp³-hybridized carbons (Fsp3) is 0.900. The monoisotopic (exact) mass is 472 g/mol. The topological polar surface area (TPSA) is 66.8 Å². The van der Waals surface area contributed by atoms with Crippen LogP contribution >= 0.6 is 0 Å². The Kier molecular flexibility index (Phi) is 5.52. The molecule has 0 amide bonds. The van der Waals surface area contributed by atoms with E-state index in [1.807, 2.05) is 0 Å². The summed E-state index contributed by atoms with van der Waals surface area (Å²) in [7, 11) is 0. The number of aliphatic hydroxyl groups is 2. The second kappa shape index (κ2) is 7.57. The van der Waals surface area contributed by atoms with Crippen LogP contribution in [-0.4, -0.2) is 34.0 Å². The fourth-order valence-electron chi connectivity index (χ4n) is 10.2. The molecule has 5 rings (SSSR count). The number of aliphatic hydroxyl groups excluding tert-OH is 2. The number of allylic oxidation sites excluding steroid dienone is 1. The van der Waals surface area contributed by atoms with Crippen molar-refractivity contribution in [1.82, 2.24) is 0 Å². The van der Waals surface area contributed by atoms with Gasteiger partial charge in [-0.25, -0.2) is 0 Å². The number of hydrogen-bond acceptors (Lipinski definition) is 4. The van der Waals surface area contributed by atoms with Crippen LogP contribution in [0.3, 0.4) is 0 Å². The highest BCUT2D eigenvalue weighted by atomic mass is 16.6. The van der Waals surface area contributed by atoms with E-state index in [9.17, 15) is 15.0 Å². The summed E-state index contributed by atoms with van der Waals surface area (Å²) in [5.41, 5.74) is -0.361. The summed E-state index contributed by atoms with van der Waals surface area (Å²) in [6.45, 7) is 15.8. The summed E-state index contributed by atoms with van der Waals surface area (Å²) in [4.78, 5) is 13.9. The van der Waals surface area contributed by atoms with Gasteiger partial charge in [-0.1, -0.05) is 59.6 Å². The first-order valence-corrected chi connectivity index (χ1v) is 14.1. The zero-order chi connectivity index (χ0) is 24.9. The molecule has 9 atom stereocenters. The number of carbonyl (C=O) groups is 1. The molecule has 4 aliphatic carbocycles. The molecule has 1 spiro atoms. The average Bonchev–Trinajstić information content (AvgIpc) is 3.19. The van der Waals surface area contributed by atoms with E-state index < -0.39 is 17.1 Å². The van der Waals surface area contributed by atoms with Crippen LogP contribution < -0.4 is 0 Å². The number of hydrogen-bond donors (Lipinski definition) is 2. The highest BCUT2D eigenvalue weighted by molar-refractivity contribution is 5.84. The SMILES string of the molecule is CC(C)CCC[C@]1(C)OC(=O)[C@]23[C@H]1CC[C@@]2(C)[C@@H]1CC[C@H]2C(C)(C)[C@@H](O)CC[C@@]2(C)C1=C[C@@H]3O. The zero-order valence-corrected chi connectivity index (χ0v) is 22.6. The van der Waals surface area contributed by atoms with Gasteiger partial charge in [0.15, 0.2) is 0 Å². The summed E-state index contributed by atoms with van der Waals surface area (Å²) in [6.07, 6.45) is 9.97. The molecule has 1 heterocycles. The highest BCUT2D eigenvalue weighted by Crippen LogP contribution is 2.75. The molecule has 2 N–H and O–H groups in total.